The molecule has 3 fully saturated rings. The highest BCUT2D eigenvalue weighted by atomic mass is 16.5. The van der Waals surface area contributed by atoms with E-state index < -0.39 is 0 Å². The Bertz CT molecular complexity index is 408. The van der Waals surface area contributed by atoms with Crippen molar-refractivity contribution in [3.8, 4) is 0 Å². The molecule has 6 nitrogen and oxygen atoms in total. The molecule has 0 aromatic heterocycles. The number of rotatable bonds is 0. The number of hydrogen-bond donors (Lipinski definition) is 0. The van der Waals surface area contributed by atoms with Crippen LogP contribution in [0.1, 0.15) is 19.3 Å². The predicted octanol–water partition coefficient (Wildman–Crippen LogP) is 0.383. The van der Waals surface area contributed by atoms with E-state index in [1.807, 2.05) is 21.7 Å². The monoisotopic (exact) mass is 281 g/mol. The Morgan fingerprint density at radius 1 is 1.10 bits per heavy atom. The highest BCUT2D eigenvalue weighted by molar-refractivity contribution is 5.85. The Labute approximate surface area is 119 Å². The van der Waals surface area contributed by atoms with E-state index in [1.54, 1.807) is 0 Å². The van der Waals surface area contributed by atoms with E-state index in [9.17, 15) is 9.59 Å². The molecule has 3 aliphatic heterocycles. The maximum absolute atomic E-state index is 12.5. The molecular formula is C14H23N3O3. The number of carbonyl (C=O) groups is 2. The van der Waals surface area contributed by atoms with E-state index in [1.165, 1.54) is 0 Å². The van der Waals surface area contributed by atoms with Gasteiger partial charge in [-0.1, -0.05) is 0 Å². The number of piperidine rings is 1. The number of hydrogen-bond acceptors (Lipinski definition) is 3. The standard InChI is InChI=1S/C14H23N3O3/c1-15-5-2-3-14(12(15)18)4-6-17(11-14)13(19)16-7-9-20-10-8-16/h2-11H2,1H3. The number of amides is 3. The minimum absolute atomic E-state index is 0.0752. The minimum Gasteiger partial charge on any atom is -0.378 e. The number of nitrogens with zero attached hydrogens (tertiary/aromatic N) is 3. The van der Waals surface area contributed by atoms with Crippen LogP contribution < -0.4 is 0 Å². The summed E-state index contributed by atoms with van der Waals surface area (Å²) in [4.78, 5) is 30.5. The van der Waals surface area contributed by atoms with Gasteiger partial charge in [0.05, 0.1) is 18.6 Å². The molecule has 20 heavy (non-hydrogen) atoms. The molecule has 3 heterocycles. The van der Waals surface area contributed by atoms with Gasteiger partial charge in [0.2, 0.25) is 5.91 Å². The third-order valence-electron chi connectivity index (χ3n) is 4.86. The smallest absolute Gasteiger partial charge is 0.320 e. The molecule has 3 amide bonds. The van der Waals surface area contributed by atoms with Crippen LogP contribution in [0.5, 0.6) is 0 Å². The topological polar surface area (TPSA) is 53.1 Å². The lowest BCUT2D eigenvalue weighted by atomic mass is 9.78. The Hall–Kier alpha value is -1.30. The molecule has 1 unspecified atom stereocenters. The molecule has 112 valence electrons. The fourth-order valence-electron chi connectivity index (χ4n) is 3.64. The molecule has 0 bridgehead atoms. The van der Waals surface area contributed by atoms with Crippen molar-refractivity contribution in [2.45, 2.75) is 19.3 Å². The Morgan fingerprint density at radius 3 is 2.60 bits per heavy atom. The van der Waals surface area contributed by atoms with E-state index >= 15 is 0 Å². The quantitative estimate of drug-likeness (QED) is 0.645. The van der Waals surface area contributed by atoms with Gasteiger partial charge in [-0.25, -0.2) is 4.79 Å². The minimum atomic E-state index is -0.311. The van der Waals surface area contributed by atoms with E-state index in [-0.39, 0.29) is 17.4 Å². The van der Waals surface area contributed by atoms with Crippen molar-refractivity contribution < 1.29 is 14.3 Å². The summed E-state index contributed by atoms with van der Waals surface area (Å²) in [7, 11) is 1.87. The molecule has 0 aromatic rings. The first-order valence-corrected chi connectivity index (χ1v) is 7.50. The number of morpholine rings is 1. The van der Waals surface area contributed by atoms with Crippen molar-refractivity contribution in [2.75, 3.05) is 53.0 Å². The van der Waals surface area contributed by atoms with Crippen LogP contribution >= 0.6 is 0 Å². The molecule has 6 heteroatoms. The van der Waals surface area contributed by atoms with Gasteiger partial charge in [0.15, 0.2) is 0 Å². The molecule has 3 saturated heterocycles. The summed E-state index contributed by atoms with van der Waals surface area (Å²) in [6.45, 7) is 4.70. The van der Waals surface area contributed by atoms with E-state index in [2.05, 4.69) is 0 Å². The maximum atomic E-state index is 12.5. The number of carbonyl (C=O) groups excluding carboxylic acids is 2. The summed E-state index contributed by atoms with van der Waals surface area (Å²) >= 11 is 0. The molecule has 3 rings (SSSR count). The highest BCUT2D eigenvalue weighted by Gasteiger charge is 2.49. The van der Waals surface area contributed by atoms with Crippen LogP contribution in [0, 0.1) is 5.41 Å². The third-order valence-corrected chi connectivity index (χ3v) is 4.86. The summed E-state index contributed by atoms with van der Waals surface area (Å²) in [5.74, 6) is 0.223. The lowest BCUT2D eigenvalue weighted by Crippen LogP contribution is -2.51. The first-order chi connectivity index (χ1) is 9.62. The summed E-state index contributed by atoms with van der Waals surface area (Å²) < 4.78 is 5.28. The second-order valence-corrected chi connectivity index (χ2v) is 6.16. The van der Waals surface area contributed by atoms with Crippen molar-refractivity contribution >= 4 is 11.9 Å². The zero-order chi connectivity index (χ0) is 14.2. The predicted molar refractivity (Wildman–Crippen MR) is 73.3 cm³/mol. The van der Waals surface area contributed by atoms with Gasteiger partial charge in [0, 0.05) is 39.8 Å². The van der Waals surface area contributed by atoms with Gasteiger partial charge in [0.25, 0.3) is 0 Å². The highest BCUT2D eigenvalue weighted by Crippen LogP contribution is 2.39. The molecule has 0 aromatic carbocycles. The summed E-state index contributed by atoms with van der Waals surface area (Å²) in [5.41, 5.74) is -0.311. The van der Waals surface area contributed by atoms with Crippen LogP contribution in [0.3, 0.4) is 0 Å². The molecule has 0 N–H and O–H groups in total. The fourth-order valence-corrected chi connectivity index (χ4v) is 3.64. The van der Waals surface area contributed by atoms with Crippen LogP contribution in [0.15, 0.2) is 0 Å². The summed E-state index contributed by atoms with van der Waals surface area (Å²) in [6, 6.07) is 0.0752. The average Bonchev–Trinajstić information content (AvgIpc) is 2.90. The Morgan fingerprint density at radius 2 is 1.85 bits per heavy atom. The maximum Gasteiger partial charge on any atom is 0.320 e. The lowest BCUT2D eigenvalue weighted by Gasteiger charge is -2.38. The Balaban J connectivity index is 1.66. The molecule has 0 saturated carbocycles. The largest absolute Gasteiger partial charge is 0.378 e. The molecule has 0 radical (unpaired) electrons. The van der Waals surface area contributed by atoms with Gasteiger partial charge < -0.3 is 19.4 Å². The van der Waals surface area contributed by atoms with Crippen molar-refractivity contribution in [2.24, 2.45) is 5.41 Å². The summed E-state index contributed by atoms with van der Waals surface area (Å²) in [6.07, 6.45) is 2.77. The van der Waals surface area contributed by atoms with Gasteiger partial charge >= 0.3 is 6.03 Å². The molecule has 1 atom stereocenters. The Kier molecular flexibility index (Phi) is 3.58. The van der Waals surface area contributed by atoms with Crippen LogP contribution in [0.2, 0.25) is 0 Å². The average molecular weight is 281 g/mol. The number of urea groups is 1. The van der Waals surface area contributed by atoms with Crippen LogP contribution in [0.4, 0.5) is 4.79 Å². The number of likely N-dealkylation sites (tertiary alicyclic amines) is 2. The second-order valence-electron chi connectivity index (χ2n) is 6.16. The fraction of sp³-hybridized carbons (Fsp3) is 0.857. The SMILES string of the molecule is CN1CCCC2(CCN(C(=O)N3CCOCC3)C2)C1=O. The zero-order valence-corrected chi connectivity index (χ0v) is 12.1. The van der Waals surface area contributed by atoms with Gasteiger partial charge in [0.1, 0.15) is 0 Å². The van der Waals surface area contributed by atoms with Crippen LogP contribution in [-0.2, 0) is 9.53 Å². The van der Waals surface area contributed by atoms with Gasteiger partial charge in [-0.05, 0) is 19.3 Å². The van der Waals surface area contributed by atoms with Gasteiger partial charge in [-0.15, -0.1) is 0 Å². The van der Waals surface area contributed by atoms with Crippen LogP contribution in [-0.4, -0.2) is 79.6 Å². The molecule has 1 spiro atoms. The van der Waals surface area contributed by atoms with Crippen molar-refractivity contribution in [3.05, 3.63) is 0 Å². The van der Waals surface area contributed by atoms with Crippen molar-refractivity contribution in [1.29, 1.82) is 0 Å². The molecular weight excluding hydrogens is 258 g/mol. The van der Waals surface area contributed by atoms with E-state index in [4.69, 9.17) is 4.74 Å². The van der Waals surface area contributed by atoms with Crippen molar-refractivity contribution in [1.82, 2.24) is 14.7 Å². The summed E-state index contributed by atoms with van der Waals surface area (Å²) in [5, 5.41) is 0. The first-order valence-electron chi connectivity index (χ1n) is 7.50. The first kappa shape index (κ1) is 13.7. The van der Waals surface area contributed by atoms with Crippen molar-refractivity contribution in [3.63, 3.8) is 0 Å². The third kappa shape index (κ3) is 2.26. The van der Waals surface area contributed by atoms with E-state index in [0.29, 0.717) is 39.4 Å². The zero-order valence-electron chi connectivity index (χ0n) is 12.1. The molecule has 0 aliphatic carbocycles. The van der Waals surface area contributed by atoms with E-state index in [0.717, 1.165) is 25.8 Å². The lowest BCUT2D eigenvalue weighted by molar-refractivity contribution is -0.143. The normalized spacial score (nSPS) is 31.2. The van der Waals surface area contributed by atoms with Gasteiger partial charge in [-0.2, -0.15) is 0 Å². The second kappa shape index (κ2) is 5.24. The van der Waals surface area contributed by atoms with Crippen LogP contribution in [0.25, 0.3) is 0 Å². The van der Waals surface area contributed by atoms with Gasteiger partial charge in [-0.3, -0.25) is 4.79 Å². The molecule has 3 aliphatic rings. The number of ether oxygens (including phenoxy) is 1.